The first-order valence-corrected chi connectivity index (χ1v) is 7.21. The molecule has 1 saturated carbocycles. The lowest BCUT2D eigenvalue weighted by Crippen LogP contribution is -2.27. The monoisotopic (exact) mass is 288 g/mol. The smallest absolute Gasteiger partial charge is 0.163 e. The number of pyridine rings is 1. The van der Waals surface area contributed by atoms with Crippen LogP contribution >= 0.6 is 0 Å². The third kappa shape index (κ3) is 3.10. The van der Waals surface area contributed by atoms with E-state index in [-0.39, 0.29) is 6.04 Å². The van der Waals surface area contributed by atoms with Crippen LogP contribution in [0.25, 0.3) is 0 Å². The Kier molecular flexibility index (Phi) is 3.97. The Hall–Kier alpha value is -1.81. The maximum atomic E-state index is 13.8. The summed E-state index contributed by atoms with van der Waals surface area (Å²) in [7, 11) is 1.95. The summed E-state index contributed by atoms with van der Waals surface area (Å²) in [5, 5.41) is 0. The highest BCUT2D eigenvalue weighted by atomic mass is 19.2. The zero-order valence-corrected chi connectivity index (χ0v) is 12.0. The molecule has 2 nitrogen and oxygen atoms in total. The second-order valence-corrected chi connectivity index (χ2v) is 5.66. The summed E-state index contributed by atoms with van der Waals surface area (Å²) in [6.45, 7) is 0.376. The molecule has 2 aromatic rings. The summed E-state index contributed by atoms with van der Waals surface area (Å²) in [5.74, 6) is -0.983. The number of nitrogens with zero attached hydrogens (tertiary/aromatic N) is 2. The Labute approximate surface area is 123 Å². The van der Waals surface area contributed by atoms with Crippen LogP contribution in [0, 0.1) is 17.6 Å². The van der Waals surface area contributed by atoms with Crippen LogP contribution in [-0.2, 0) is 6.54 Å². The first-order valence-electron chi connectivity index (χ1n) is 7.21. The molecule has 4 heteroatoms. The third-order valence-electron chi connectivity index (χ3n) is 3.99. The lowest BCUT2D eigenvalue weighted by molar-refractivity contribution is 0.205. The molecule has 1 fully saturated rings. The zero-order valence-electron chi connectivity index (χ0n) is 12.0. The third-order valence-corrected chi connectivity index (χ3v) is 3.99. The average molecular weight is 288 g/mol. The minimum atomic E-state index is -0.790. The molecule has 3 rings (SSSR count). The topological polar surface area (TPSA) is 16.1 Å². The molecule has 0 N–H and O–H groups in total. The van der Waals surface area contributed by atoms with Gasteiger partial charge in [0.1, 0.15) is 0 Å². The molecule has 1 atom stereocenters. The summed E-state index contributed by atoms with van der Waals surface area (Å²) in [6.07, 6.45) is 4.11. The number of hydrogen-bond acceptors (Lipinski definition) is 2. The summed E-state index contributed by atoms with van der Waals surface area (Å²) in [6, 6.07) is 10.4. The predicted octanol–water partition coefficient (Wildman–Crippen LogP) is 3.94. The van der Waals surface area contributed by atoms with Gasteiger partial charge in [-0.25, -0.2) is 8.78 Å². The van der Waals surface area contributed by atoms with Crippen molar-refractivity contribution in [2.24, 2.45) is 5.92 Å². The van der Waals surface area contributed by atoms with E-state index in [0.717, 1.165) is 24.6 Å². The van der Waals surface area contributed by atoms with Crippen molar-refractivity contribution in [3.8, 4) is 0 Å². The van der Waals surface area contributed by atoms with Crippen molar-refractivity contribution in [2.75, 3.05) is 7.05 Å². The van der Waals surface area contributed by atoms with Crippen LogP contribution in [0.15, 0.2) is 42.6 Å². The number of rotatable bonds is 5. The van der Waals surface area contributed by atoms with Gasteiger partial charge in [0.2, 0.25) is 0 Å². The van der Waals surface area contributed by atoms with Crippen molar-refractivity contribution in [3.63, 3.8) is 0 Å². The van der Waals surface area contributed by atoms with Gasteiger partial charge in [0.25, 0.3) is 0 Å². The van der Waals surface area contributed by atoms with Crippen LogP contribution in [0.1, 0.15) is 30.1 Å². The maximum Gasteiger partial charge on any atom is 0.163 e. The average Bonchev–Trinajstić information content (AvgIpc) is 3.30. The van der Waals surface area contributed by atoms with Crippen LogP contribution in [0.4, 0.5) is 8.78 Å². The van der Waals surface area contributed by atoms with Gasteiger partial charge in [-0.05, 0) is 44.0 Å². The van der Waals surface area contributed by atoms with Crippen molar-refractivity contribution < 1.29 is 8.78 Å². The molecule has 1 heterocycles. The van der Waals surface area contributed by atoms with Crippen LogP contribution in [0.2, 0.25) is 0 Å². The standard InChI is InChI=1S/C17H18F2N2/c1-21(11-13-5-4-6-14(18)16(13)19)17(12-8-9-12)15-7-2-3-10-20-15/h2-7,10,12,17H,8-9,11H2,1H3/t17-/m0/s1. The van der Waals surface area contributed by atoms with Gasteiger partial charge in [0, 0.05) is 18.3 Å². The Morgan fingerprint density at radius 1 is 1.19 bits per heavy atom. The first kappa shape index (κ1) is 14.1. The molecule has 110 valence electrons. The Morgan fingerprint density at radius 2 is 2.00 bits per heavy atom. The molecule has 1 aromatic carbocycles. The number of aromatic nitrogens is 1. The van der Waals surface area contributed by atoms with Crippen molar-refractivity contribution in [3.05, 3.63) is 65.5 Å². The van der Waals surface area contributed by atoms with Gasteiger partial charge in [-0.2, -0.15) is 0 Å². The first-order chi connectivity index (χ1) is 10.2. The molecule has 1 aliphatic rings. The van der Waals surface area contributed by atoms with Crippen molar-refractivity contribution in [1.82, 2.24) is 9.88 Å². The van der Waals surface area contributed by atoms with Gasteiger partial charge in [-0.1, -0.05) is 18.2 Å². The molecule has 0 bridgehead atoms. The molecule has 21 heavy (non-hydrogen) atoms. The normalized spacial score (nSPS) is 16.2. The van der Waals surface area contributed by atoms with Crippen molar-refractivity contribution >= 4 is 0 Å². The van der Waals surface area contributed by atoms with E-state index in [1.807, 2.05) is 25.2 Å². The molecule has 0 unspecified atom stereocenters. The van der Waals surface area contributed by atoms with Gasteiger partial charge >= 0.3 is 0 Å². The lowest BCUT2D eigenvalue weighted by atomic mass is 10.1. The van der Waals surface area contributed by atoms with Gasteiger partial charge in [0.15, 0.2) is 11.6 Å². The van der Waals surface area contributed by atoms with E-state index in [4.69, 9.17) is 0 Å². The molecule has 0 spiro atoms. The van der Waals surface area contributed by atoms with Gasteiger partial charge in [-0.3, -0.25) is 9.88 Å². The van der Waals surface area contributed by atoms with Gasteiger partial charge in [-0.15, -0.1) is 0 Å². The number of hydrogen-bond donors (Lipinski definition) is 0. The fourth-order valence-corrected chi connectivity index (χ4v) is 2.83. The minimum Gasteiger partial charge on any atom is -0.293 e. The second kappa shape index (κ2) is 5.90. The van der Waals surface area contributed by atoms with Gasteiger partial charge in [0.05, 0.1) is 11.7 Å². The van der Waals surface area contributed by atoms with Crippen molar-refractivity contribution in [1.29, 1.82) is 0 Å². The number of halogens is 2. The summed E-state index contributed by atoms with van der Waals surface area (Å²) >= 11 is 0. The van der Waals surface area contributed by atoms with E-state index >= 15 is 0 Å². The number of benzene rings is 1. The lowest BCUT2D eigenvalue weighted by Gasteiger charge is -2.28. The highest BCUT2D eigenvalue weighted by Gasteiger charge is 2.36. The van der Waals surface area contributed by atoms with Crippen molar-refractivity contribution in [2.45, 2.75) is 25.4 Å². The molecule has 0 aliphatic heterocycles. The quantitative estimate of drug-likeness (QED) is 0.828. The Balaban J connectivity index is 1.82. The van der Waals surface area contributed by atoms with E-state index in [0.29, 0.717) is 18.0 Å². The van der Waals surface area contributed by atoms with Gasteiger partial charge < -0.3 is 0 Å². The molecular formula is C17H18F2N2. The zero-order chi connectivity index (χ0) is 14.8. The molecule has 0 amide bonds. The largest absolute Gasteiger partial charge is 0.293 e. The molecule has 0 saturated heterocycles. The van der Waals surface area contributed by atoms with E-state index in [9.17, 15) is 8.78 Å². The molecule has 1 aromatic heterocycles. The minimum absolute atomic E-state index is 0.161. The summed E-state index contributed by atoms with van der Waals surface area (Å²) in [4.78, 5) is 6.50. The highest BCUT2D eigenvalue weighted by molar-refractivity contribution is 5.20. The predicted molar refractivity (Wildman–Crippen MR) is 77.5 cm³/mol. The highest BCUT2D eigenvalue weighted by Crippen LogP contribution is 2.43. The molecule has 1 aliphatic carbocycles. The van der Waals surface area contributed by atoms with Crippen LogP contribution in [0.3, 0.4) is 0 Å². The maximum absolute atomic E-state index is 13.8. The van der Waals surface area contributed by atoms with E-state index in [2.05, 4.69) is 9.88 Å². The fraction of sp³-hybridized carbons (Fsp3) is 0.353. The van der Waals surface area contributed by atoms with E-state index < -0.39 is 11.6 Å². The van der Waals surface area contributed by atoms with E-state index in [1.165, 1.54) is 0 Å². The second-order valence-electron chi connectivity index (χ2n) is 5.66. The van der Waals surface area contributed by atoms with Crippen LogP contribution < -0.4 is 0 Å². The fourth-order valence-electron chi connectivity index (χ4n) is 2.83. The summed E-state index contributed by atoms with van der Waals surface area (Å²) < 4.78 is 27.1. The van der Waals surface area contributed by atoms with Crippen LogP contribution in [-0.4, -0.2) is 16.9 Å². The molecular weight excluding hydrogens is 270 g/mol. The Bertz CT molecular complexity index is 611. The summed E-state index contributed by atoms with van der Waals surface area (Å²) in [5.41, 5.74) is 1.39. The Morgan fingerprint density at radius 3 is 2.67 bits per heavy atom. The molecule has 0 radical (unpaired) electrons. The van der Waals surface area contributed by atoms with E-state index in [1.54, 1.807) is 18.3 Å². The van der Waals surface area contributed by atoms with Crippen LogP contribution in [0.5, 0.6) is 0 Å². The SMILES string of the molecule is CN(Cc1cccc(F)c1F)[C@H](c1ccccn1)C1CC1.